The molecule has 0 aliphatic carbocycles. The van der Waals surface area contributed by atoms with E-state index in [1.54, 1.807) is 18.3 Å². The largest absolute Gasteiger partial charge is 0.475 e. The minimum absolute atomic E-state index is 0.0297. The molecule has 0 bridgehead atoms. The Balaban J connectivity index is 1.57. The van der Waals surface area contributed by atoms with Crippen LogP contribution < -0.4 is 15.8 Å². The molecule has 4 rings (SSSR count). The summed E-state index contributed by atoms with van der Waals surface area (Å²) in [5.41, 5.74) is 9.90. The molecule has 12 heteroatoms. The smallest absolute Gasteiger partial charge is 0.213 e. The van der Waals surface area contributed by atoms with Crippen LogP contribution in [-0.2, 0) is 5.75 Å². The van der Waals surface area contributed by atoms with Crippen molar-refractivity contribution in [1.29, 1.82) is 10.5 Å². The molecule has 0 aliphatic heterocycles. The highest BCUT2D eigenvalue weighted by atomic mass is 32.2. The van der Waals surface area contributed by atoms with Gasteiger partial charge >= 0.3 is 0 Å². The van der Waals surface area contributed by atoms with Crippen LogP contribution >= 0.6 is 23.1 Å². The first-order chi connectivity index (χ1) is 17.5. The molecule has 0 amide bonds. The number of rotatable bonds is 9. The topological polar surface area (TPSA) is 167 Å². The molecule has 0 saturated carbocycles. The second-order valence-electron chi connectivity index (χ2n) is 7.35. The summed E-state index contributed by atoms with van der Waals surface area (Å²) in [6.07, 6.45) is 3.24. The first-order valence-electron chi connectivity index (χ1n) is 10.6. The van der Waals surface area contributed by atoms with Gasteiger partial charge in [-0.15, -0.1) is 11.3 Å². The zero-order valence-corrected chi connectivity index (χ0v) is 20.7. The van der Waals surface area contributed by atoms with Crippen molar-refractivity contribution < 1.29 is 9.84 Å². The Bertz CT molecular complexity index is 1440. The monoisotopic (exact) mass is 516 g/mol. The standard InChI is InChI=1S/C24H20N8O2S2/c1-14-2-4-16(11-28-14)30-24-31-17(13-36-24)12-35-23-19(9-26)21(18(8-25)22(27)32-23)15-3-5-20(29-10-15)34-7-6-33/h2-5,10-11,13,33H,6-7,12H2,1H3,(H2,27,32)(H,30,31). The maximum Gasteiger partial charge on any atom is 0.213 e. The normalized spacial score (nSPS) is 10.4. The van der Waals surface area contributed by atoms with Crippen molar-refractivity contribution in [2.24, 2.45) is 0 Å². The van der Waals surface area contributed by atoms with Crippen LogP contribution in [0.5, 0.6) is 5.88 Å². The molecule has 4 N–H and O–H groups in total. The van der Waals surface area contributed by atoms with Crippen LogP contribution in [0, 0.1) is 29.6 Å². The molecule has 0 unspecified atom stereocenters. The average Bonchev–Trinajstić information content (AvgIpc) is 3.34. The van der Waals surface area contributed by atoms with E-state index >= 15 is 0 Å². The van der Waals surface area contributed by atoms with Crippen molar-refractivity contribution in [2.75, 3.05) is 24.3 Å². The van der Waals surface area contributed by atoms with E-state index in [0.29, 0.717) is 27.8 Å². The van der Waals surface area contributed by atoms with E-state index in [2.05, 4.69) is 37.4 Å². The highest BCUT2D eigenvalue weighted by molar-refractivity contribution is 7.98. The summed E-state index contributed by atoms with van der Waals surface area (Å²) >= 11 is 2.77. The van der Waals surface area contributed by atoms with Gasteiger partial charge < -0.3 is 20.9 Å². The minimum Gasteiger partial charge on any atom is -0.475 e. The summed E-state index contributed by atoms with van der Waals surface area (Å²) in [6, 6.07) is 11.4. The third-order valence-corrected chi connectivity index (χ3v) is 6.67. The molecule has 0 saturated heterocycles. The number of hydrogen-bond acceptors (Lipinski definition) is 12. The molecule has 0 aromatic carbocycles. The number of hydrogen-bond donors (Lipinski definition) is 3. The predicted molar refractivity (Wildman–Crippen MR) is 138 cm³/mol. The highest BCUT2D eigenvalue weighted by Crippen LogP contribution is 2.37. The summed E-state index contributed by atoms with van der Waals surface area (Å²) in [4.78, 5) is 17.4. The molecule has 0 fully saturated rings. The Morgan fingerprint density at radius 3 is 2.61 bits per heavy atom. The number of aromatic nitrogens is 4. The Morgan fingerprint density at radius 1 is 1.11 bits per heavy atom. The first-order valence-corrected chi connectivity index (χ1v) is 12.5. The number of aliphatic hydroxyl groups excluding tert-OH is 1. The molecule has 0 spiro atoms. The summed E-state index contributed by atoms with van der Waals surface area (Å²) in [7, 11) is 0. The number of ether oxygens (including phenoxy) is 1. The van der Waals surface area contributed by atoms with Gasteiger partial charge in [-0.2, -0.15) is 10.5 Å². The lowest BCUT2D eigenvalue weighted by Gasteiger charge is -2.13. The molecule has 0 aliphatic rings. The Labute approximate surface area is 215 Å². The molecule has 0 atom stereocenters. The van der Waals surface area contributed by atoms with Crippen molar-refractivity contribution in [1.82, 2.24) is 19.9 Å². The van der Waals surface area contributed by atoms with Crippen LogP contribution in [0.25, 0.3) is 11.1 Å². The van der Waals surface area contributed by atoms with Gasteiger partial charge in [-0.05, 0) is 25.1 Å². The van der Waals surface area contributed by atoms with E-state index in [0.717, 1.165) is 22.2 Å². The maximum absolute atomic E-state index is 9.97. The van der Waals surface area contributed by atoms with Gasteiger partial charge in [0.15, 0.2) is 5.13 Å². The number of pyridine rings is 3. The molecule has 4 aromatic heterocycles. The summed E-state index contributed by atoms with van der Waals surface area (Å²) in [6.45, 7) is 1.90. The number of aryl methyl sites for hydroxylation is 1. The molecule has 4 aromatic rings. The SMILES string of the molecule is Cc1ccc(Nc2nc(CSc3nc(N)c(C#N)c(-c4ccc(OCCO)nc4)c3C#N)cs2)cn1. The van der Waals surface area contributed by atoms with Crippen LogP contribution in [0.2, 0.25) is 0 Å². The van der Waals surface area contributed by atoms with Crippen molar-refractivity contribution in [3.63, 3.8) is 0 Å². The van der Waals surface area contributed by atoms with Crippen molar-refractivity contribution in [3.8, 4) is 29.1 Å². The number of nitrogens with two attached hydrogens (primary N) is 1. The summed E-state index contributed by atoms with van der Waals surface area (Å²) < 4.78 is 5.29. The van der Waals surface area contributed by atoms with E-state index in [4.69, 9.17) is 15.6 Å². The predicted octanol–water partition coefficient (Wildman–Crippen LogP) is 4.04. The molecular formula is C24H20N8O2S2. The average molecular weight is 517 g/mol. The van der Waals surface area contributed by atoms with Crippen LogP contribution in [0.3, 0.4) is 0 Å². The molecule has 10 nitrogen and oxygen atoms in total. The Hall–Kier alpha value is -4.23. The third kappa shape index (κ3) is 5.70. The van der Waals surface area contributed by atoms with Gasteiger partial charge in [-0.25, -0.2) is 15.0 Å². The Morgan fingerprint density at radius 2 is 1.94 bits per heavy atom. The molecule has 180 valence electrons. The number of nitrogens with zero attached hydrogens (tertiary/aromatic N) is 6. The van der Waals surface area contributed by atoms with E-state index in [-0.39, 0.29) is 30.2 Å². The molecule has 0 radical (unpaired) electrons. The zero-order valence-electron chi connectivity index (χ0n) is 19.1. The van der Waals surface area contributed by atoms with Crippen molar-refractivity contribution >= 4 is 39.7 Å². The zero-order chi connectivity index (χ0) is 25.5. The minimum atomic E-state index is -0.137. The number of nitrogens with one attached hydrogen (secondary N) is 1. The summed E-state index contributed by atoms with van der Waals surface area (Å²) in [5, 5.41) is 34.9. The van der Waals surface area contributed by atoms with Gasteiger partial charge in [0.2, 0.25) is 5.88 Å². The lowest BCUT2D eigenvalue weighted by molar-refractivity contribution is 0.196. The summed E-state index contributed by atoms with van der Waals surface area (Å²) in [5.74, 6) is 0.793. The fourth-order valence-corrected chi connectivity index (χ4v) is 4.92. The van der Waals surface area contributed by atoms with Gasteiger partial charge in [0.25, 0.3) is 0 Å². The lowest BCUT2D eigenvalue weighted by Crippen LogP contribution is -2.05. The number of thiazole rings is 1. The first kappa shape index (κ1) is 24.9. The third-order valence-electron chi connectivity index (χ3n) is 4.85. The Kier molecular flexibility index (Phi) is 7.92. The number of thioether (sulfide) groups is 1. The van der Waals surface area contributed by atoms with Gasteiger partial charge in [-0.3, -0.25) is 4.98 Å². The number of nitrogen functional groups attached to an aromatic ring is 1. The van der Waals surface area contributed by atoms with E-state index in [9.17, 15) is 10.5 Å². The van der Waals surface area contributed by atoms with Gasteiger partial charge in [0.1, 0.15) is 35.2 Å². The second-order valence-corrected chi connectivity index (χ2v) is 9.18. The lowest BCUT2D eigenvalue weighted by atomic mass is 9.98. The van der Waals surface area contributed by atoms with E-state index in [1.807, 2.05) is 24.4 Å². The fraction of sp³-hybridized carbons (Fsp3) is 0.167. The molecule has 4 heterocycles. The molecular weight excluding hydrogens is 496 g/mol. The van der Waals surface area contributed by atoms with Gasteiger partial charge in [0, 0.05) is 40.2 Å². The van der Waals surface area contributed by atoms with E-state index < -0.39 is 0 Å². The van der Waals surface area contributed by atoms with Crippen LogP contribution in [-0.4, -0.2) is 38.3 Å². The van der Waals surface area contributed by atoms with Crippen LogP contribution in [0.1, 0.15) is 22.5 Å². The van der Waals surface area contributed by atoms with Gasteiger partial charge in [-0.1, -0.05) is 11.8 Å². The van der Waals surface area contributed by atoms with E-state index in [1.165, 1.54) is 29.3 Å². The quantitative estimate of drug-likeness (QED) is 0.275. The number of anilines is 3. The highest BCUT2D eigenvalue weighted by Gasteiger charge is 2.21. The van der Waals surface area contributed by atoms with Crippen LogP contribution in [0.15, 0.2) is 47.1 Å². The van der Waals surface area contributed by atoms with Gasteiger partial charge in [0.05, 0.1) is 29.7 Å². The fourth-order valence-electron chi connectivity index (χ4n) is 3.19. The van der Waals surface area contributed by atoms with Crippen molar-refractivity contribution in [2.45, 2.75) is 17.7 Å². The number of aliphatic hydroxyl groups is 1. The molecule has 36 heavy (non-hydrogen) atoms. The van der Waals surface area contributed by atoms with Crippen molar-refractivity contribution in [3.05, 3.63) is 64.6 Å². The van der Waals surface area contributed by atoms with Crippen LogP contribution in [0.4, 0.5) is 16.6 Å². The number of nitriles is 2. The maximum atomic E-state index is 9.97. The second kappa shape index (κ2) is 11.5.